The Balaban J connectivity index is 0. The van der Waals surface area contributed by atoms with Gasteiger partial charge in [0, 0.05) is 0 Å². The van der Waals surface area contributed by atoms with Crippen LogP contribution in [0.15, 0.2) is 0 Å². The van der Waals surface area contributed by atoms with Crippen molar-refractivity contribution in [2.24, 2.45) is 5.73 Å². The van der Waals surface area contributed by atoms with Gasteiger partial charge in [0.15, 0.2) is 0 Å². The third-order valence-electron chi connectivity index (χ3n) is 1.32. The zero-order chi connectivity index (χ0) is 11.4. The number of ether oxygens (including phenoxy) is 2. The second-order valence-corrected chi connectivity index (χ2v) is 3.92. The molecule has 1 atom stereocenters. The largest absolute Gasteiger partial charge is 0.469 e. The summed E-state index contributed by atoms with van der Waals surface area (Å²) < 4.78 is 9.35. The molecule has 0 rings (SSSR count). The van der Waals surface area contributed by atoms with Crippen LogP contribution >= 0.6 is 12.4 Å². The average Bonchev–Trinajstić information content (AvgIpc) is 2.00. The SMILES string of the molecule is COC(=O)C[C@@H](N)C(=O)OC(C)(C)C.Cl. The molecule has 0 aliphatic heterocycles. The molecule has 0 bridgehead atoms. The predicted molar refractivity (Wildman–Crippen MR) is 57.7 cm³/mol. The molecule has 0 aromatic rings. The van der Waals surface area contributed by atoms with Gasteiger partial charge in [-0.05, 0) is 20.8 Å². The number of nitrogens with two attached hydrogens (primary N) is 1. The van der Waals surface area contributed by atoms with E-state index in [1.165, 1.54) is 7.11 Å². The van der Waals surface area contributed by atoms with E-state index in [2.05, 4.69) is 4.74 Å². The maximum absolute atomic E-state index is 11.3. The monoisotopic (exact) mass is 239 g/mol. The minimum absolute atomic E-state index is 0. The Labute approximate surface area is 95.7 Å². The van der Waals surface area contributed by atoms with Gasteiger partial charge in [-0.3, -0.25) is 9.59 Å². The lowest BCUT2D eigenvalue weighted by Crippen LogP contribution is -2.39. The van der Waals surface area contributed by atoms with Crippen molar-refractivity contribution in [3.8, 4) is 0 Å². The molecule has 0 fully saturated rings. The summed E-state index contributed by atoms with van der Waals surface area (Å²) in [4.78, 5) is 22.0. The van der Waals surface area contributed by atoms with Crippen LogP contribution in [0.4, 0.5) is 0 Å². The van der Waals surface area contributed by atoms with E-state index in [4.69, 9.17) is 10.5 Å². The first-order chi connectivity index (χ1) is 6.26. The van der Waals surface area contributed by atoms with Crippen LogP contribution in [0.25, 0.3) is 0 Å². The summed E-state index contributed by atoms with van der Waals surface area (Å²) in [6.45, 7) is 5.20. The average molecular weight is 240 g/mol. The summed E-state index contributed by atoms with van der Waals surface area (Å²) in [6, 6.07) is -0.957. The number of carbonyl (C=O) groups excluding carboxylic acids is 2. The van der Waals surface area contributed by atoms with E-state index in [9.17, 15) is 9.59 Å². The lowest BCUT2D eigenvalue weighted by Gasteiger charge is -2.21. The van der Waals surface area contributed by atoms with Gasteiger partial charge in [-0.1, -0.05) is 0 Å². The summed E-state index contributed by atoms with van der Waals surface area (Å²) in [7, 11) is 1.24. The topological polar surface area (TPSA) is 78.6 Å². The summed E-state index contributed by atoms with van der Waals surface area (Å²) in [5.41, 5.74) is 4.83. The molecule has 0 saturated heterocycles. The smallest absolute Gasteiger partial charge is 0.324 e. The van der Waals surface area contributed by atoms with Crippen molar-refractivity contribution in [1.82, 2.24) is 0 Å². The van der Waals surface area contributed by atoms with Gasteiger partial charge in [0.2, 0.25) is 0 Å². The van der Waals surface area contributed by atoms with Crippen LogP contribution in [0.5, 0.6) is 0 Å². The molecule has 0 radical (unpaired) electrons. The van der Waals surface area contributed by atoms with E-state index in [1.54, 1.807) is 20.8 Å². The molecule has 0 saturated carbocycles. The van der Waals surface area contributed by atoms with Crippen LogP contribution in [-0.2, 0) is 19.1 Å². The summed E-state index contributed by atoms with van der Waals surface area (Å²) in [6.07, 6.45) is -0.161. The van der Waals surface area contributed by atoms with E-state index in [-0.39, 0.29) is 18.8 Å². The summed E-state index contributed by atoms with van der Waals surface area (Å²) >= 11 is 0. The molecule has 2 N–H and O–H groups in total. The van der Waals surface area contributed by atoms with E-state index >= 15 is 0 Å². The first-order valence-corrected chi connectivity index (χ1v) is 4.31. The highest BCUT2D eigenvalue weighted by atomic mass is 35.5. The number of hydrogen-bond donors (Lipinski definition) is 1. The van der Waals surface area contributed by atoms with Gasteiger partial charge >= 0.3 is 11.9 Å². The Kier molecular flexibility index (Phi) is 7.35. The molecule has 0 aliphatic carbocycles. The molecule has 0 unspecified atom stereocenters. The third-order valence-corrected chi connectivity index (χ3v) is 1.32. The fraction of sp³-hybridized carbons (Fsp3) is 0.778. The Morgan fingerprint density at radius 1 is 1.33 bits per heavy atom. The zero-order valence-corrected chi connectivity index (χ0v) is 10.2. The summed E-state index contributed by atoms with van der Waals surface area (Å²) in [5, 5.41) is 0. The molecular weight excluding hydrogens is 222 g/mol. The molecule has 90 valence electrons. The molecular formula is C9H18ClNO4. The van der Waals surface area contributed by atoms with Crippen LogP contribution in [0, 0.1) is 0 Å². The molecule has 0 aliphatic rings. The number of halogens is 1. The quantitative estimate of drug-likeness (QED) is 0.732. The van der Waals surface area contributed by atoms with Gasteiger partial charge < -0.3 is 15.2 Å². The van der Waals surface area contributed by atoms with Crippen LogP contribution in [-0.4, -0.2) is 30.7 Å². The second-order valence-electron chi connectivity index (χ2n) is 3.92. The minimum Gasteiger partial charge on any atom is -0.469 e. The van der Waals surface area contributed by atoms with Gasteiger partial charge in [-0.15, -0.1) is 12.4 Å². The number of hydrogen-bond acceptors (Lipinski definition) is 5. The van der Waals surface area contributed by atoms with Crippen molar-refractivity contribution in [3.05, 3.63) is 0 Å². The van der Waals surface area contributed by atoms with Crippen LogP contribution in [0.2, 0.25) is 0 Å². The summed E-state index contributed by atoms with van der Waals surface area (Å²) in [5.74, 6) is -1.12. The predicted octanol–water partition coefficient (Wildman–Crippen LogP) is 0.640. The zero-order valence-electron chi connectivity index (χ0n) is 9.40. The van der Waals surface area contributed by atoms with Gasteiger partial charge in [0.05, 0.1) is 13.5 Å². The molecule has 6 heteroatoms. The van der Waals surface area contributed by atoms with Crippen molar-refractivity contribution in [2.75, 3.05) is 7.11 Å². The van der Waals surface area contributed by atoms with Crippen LogP contribution in [0.3, 0.4) is 0 Å². The van der Waals surface area contributed by atoms with Crippen LogP contribution in [0.1, 0.15) is 27.2 Å². The first-order valence-electron chi connectivity index (χ1n) is 4.31. The Bertz CT molecular complexity index is 225. The highest BCUT2D eigenvalue weighted by Crippen LogP contribution is 2.08. The van der Waals surface area contributed by atoms with E-state index in [1.807, 2.05) is 0 Å². The maximum atomic E-state index is 11.3. The fourth-order valence-electron chi connectivity index (χ4n) is 0.724. The fourth-order valence-corrected chi connectivity index (χ4v) is 0.724. The molecule has 0 amide bonds. The third kappa shape index (κ3) is 8.20. The van der Waals surface area contributed by atoms with Crippen LogP contribution < -0.4 is 5.73 Å². The molecule has 0 aromatic heterocycles. The lowest BCUT2D eigenvalue weighted by molar-refractivity contribution is -0.159. The van der Waals surface area contributed by atoms with Gasteiger partial charge in [-0.2, -0.15) is 0 Å². The Morgan fingerprint density at radius 2 is 1.80 bits per heavy atom. The normalized spacial score (nSPS) is 12.3. The Hall–Kier alpha value is -0.810. The number of methoxy groups -OCH3 is 1. The van der Waals surface area contributed by atoms with Crippen molar-refractivity contribution < 1.29 is 19.1 Å². The second kappa shape index (κ2) is 6.63. The van der Waals surface area contributed by atoms with Crippen molar-refractivity contribution in [2.45, 2.75) is 38.8 Å². The number of carbonyl (C=O) groups is 2. The van der Waals surface area contributed by atoms with Gasteiger partial charge in [0.25, 0.3) is 0 Å². The number of esters is 2. The molecule has 0 aromatic carbocycles. The van der Waals surface area contributed by atoms with Gasteiger partial charge in [-0.25, -0.2) is 0 Å². The van der Waals surface area contributed by atoms with Gasteiger partial charge in [0.1, 0.15) is 11.6 Å². The van der Waals surface area contributed by atoms with Crippen molar-refractivity contribution in [1.29, 1.82) is 0 Å². The lowest BCUT2D eigenvalue weighted by atomic mass is 10.1. The minimum atomic E-state index is -0.957. The first kappa shape index (κ1) is 16.6. The molecule has 0 spiro atoms. The Morgan fingerprint density at radius 3 is 2.13 bits per heavy atom. The van der Waals surface area contributed by atoms with E-state index < -0.39 is 23.6 Å². The molecule has 0 heterocycles. The molecule has 15 heavy (non-hydrogen) atoms. The van der Waals surface area contributed by atoms with E-state index in [0.717, 1.165) is 0 Å². The number of rotatable bonds is 3. The van der Waals surface area contributed by atoms with E-state index in [0.29, 0.717) is 0 Å². The maximum Gasteiger partial charge on any atom is 0.324 e. The van der Waals surface area contributed by atoms with Crippen molar-refractivity contribution in [3.63, 3.8) is 0 Å². The molecule has 5 nitrogen and oxygen atoms in total. The van der Waals surface area contributed by atoms with Crippen molar-refractivity contribution >= 4 is 24.3 Å². The highest BCUT2D eigenvalue weighted by molar-refractivity contribution is 5.85. The standard InChI is InChI=1S/C9H17NO4.ClH/c1-9(2,3)14-8(12)6(10)5-7(11)13-4;/h6H,5,10H2,1-4H3;1H/t6-;/m1./s1. The highest BCUT2D eigenvalue weighted by Gasteiger charge is 2.24.